The summed E-state index contributed by atoms with van der Waals surface area (Å²) in [7, 11) is 0. The molecule has 0 N–H and O–H groups in total. The lowest BCUT2D eigenvalue weighted by Gasteiger charge is -2.47. The molecular formula is C30H44O5. The first-order chi connectivity index (χ1) is 17.2. The first-order valence-corrected chi connectivity index (χ1v) is 14.4. The second-order valence-electron chi connectivity index (χ2n) is 11.5. The molecule has 7 atom stereocenters. The predicted octanol–water partition coefficient (Wildman–Crippen LogP) is 5.96. The summed E-state index contributed by atoms with van der Waals surface area (Å²) in [6, 6.07) is 0. The van der Waals surface area contributed by atoms with E-state index in [2.05, 4.69) is 30.9 Å². The minimum absolute atomic E-state index is 0.00626. The van der Waals surface area contributed by atoms with Gasteiger partial charge in [-0.3, -0.25) is 4.79 Å². The van der Waals surface area contributed by atoms with Crippen LogP contribution in [0.2, 0.25) is 0 Å². The van der Waals surface area contributed by atoms with E-state index < -0.39 is 0 Å². The summed E-state index contributed by atoms with van der Waals surface area (Å²) in [5.74, 6) is 8.21. The zero-order valence-corrected chi connectivity index (χ0v) is 21.6. The Morgan fingerprint density at radius 2 is 1.80 bits per heavy atom. The van der Waals surface area contributed by atoms with Crippen molar-refractivity contribution in [3.63, 3.8) is 0 Å². The fourth-order valence-corrected chi connectivity index (χ4v) is 6.98. The number of ether oxygens (including phenoxy) is 4. The Kier molecular flexibility index (Phi) is 8.66. The predicted molar refractivity (Wildman–Crippen MR) is 134 cm³/mol. The van der Waals surface area contributed by atoms with E-state index in [0.717, 1.165) is 77.4 Å². The van der Waals surface area contributed by atoms with Gasteiger partial charge in [0.1, 0.15) is 5.78 Å². The molecule has 194 valence electrons. The highest BCUT2D eigenvalue weighted by molar-refractivity contribution is 5.81. The standard InChI is InChI=1S/C30H44O5/c1-2-3-6-14-30(15-9-16-30)27(35-29-11-5-8-18-33-29)13-12-24-25-21-23(31)19-22(25)20-26(24)34-28-10-4-7-17-32-28/h12-13,22,24-29H,2,4-5,7-11,14-21H2,1H3/b13-12+/t22-,24+,25-,26+,27+,28?,29+/m0/s1. The van der Waals surface area contributed by atoms with Gasteiger partial charge in [-0.15, -0.1) is 11.8 Å². The van der Waals surface area contributed by atoms with Crippen molar-refractivity contribution in [2.75, 3.05) is 13.2 Å². The van der Waals surface area contributed by atoms with E-state index in [4.69, 9.17) is 18.9 Å². The Labute approximate surface area is 211 Å². The van der Waals surface area contributed by atoms with Gasteiger partial charge >= 0.3 is 0 Å². The maximum Gasteiger partial charge on any atom is 0.158 e. The normalized spacial score (nSPS) is 37.5. The SMILES string of the molecule is CCC#CCC1([C@@H](/C=C/[C@@H]2[C@H]3CC(=O)C[C@H]3C[C@H]2OC2CCCCO2)O[C@@H]2CCCCO2)CCC1. The van der Waals surface area contributed by atoms with Crippen molar-refractivity contribution in [2.24, 2.45) is 23.2 Å². The summed E-state index contributed by atoms with van der Waals surface area (Å²) in [6.45, 7) is 3.69. The van der Waals surface area contributed by atoms with Crippen LogP contribution in [0.1, 0.15) is 96.8 Å². The Morgan fingerprint density at radius 3 is 2.46 bits per heavy atom. The van der Waals surface area contributed by atoms with Crippen LogP contribution in [-0.4, -0.2) is 43.8 Å². The molecule has 0 aromatic rings. The third-order valence-electron chi connectivity index (χ3n) is 9.12. The Hall–Kier alpha value is -1.19. The van der Waals surface area contributed by atoms with Gasteiger partial charge in [0.05, 0.1) is 12.2 Å². The molecule has 5 aliphatic rings. The van der Waals surface area contributed by atoms with Crippen LogP contribution in [0.3, 0.4) is 0 Å². The lowest BCUT2D eigenvalue weighted by atomic mass is 9.63. The van der Waals surface area contributed by atoms with Crippen LogP contribution in [0.4, 0.5) is 0 Å². The minimum atomic E-state index is -0.123. The van der Waals surface area contributed by atoms with Gasteiger partial charge in [0.25, 0.3) is 0 Å². The van der Waals surface area contributed by atoms with E-state index >= 15 is 0 Å². The minimum Gasteiger partial charge on any atom is -0.353 e. The van der Waals surface area contributed by atoms with Crippen LogP contribution in [0.25, 0.3) is 0 Å². The molecule has 5 rings (SSSR count). The zero-order valence-electron chi connectivity index (χ0n) is 21.6. The van der Waals surface area contributed by atoms with Crippen LogP contribution in [0.15, 0.2) is 12.2 Å². The average Bonchev–Trinajstić information content (AvgIpc) is 3.35. The van der Waals surface area contributed by atoms with E-state index in [1.54, 1.807) is 0 Å². The maximum atomic E-state index is 12.3. The van der Waals surface area contributed by atoms with Crippen molar-refractivity contribution < 1.29 is 23.7 Å². The molecule has 3 saturated carbocycles. The van der Waals surface area contributed by atoms with E-state index in [9.17, 15) is 4.79 Å². The first kappa shape index (κ1) is 25.5. The van der Waals surface area contributed by atoms with Crippen molar-refractivity contribution in [2.45, 2.75) is 122 Å². The lowest BCUT2D eigenvalue weighted by molar-refractivity contribution is -0.209. The van der Waals surface area contributed by atoms with Crippen molar-refractivity contribution in [1.82, 2.24) is 0 Å². The third kappa shape index (κ3) is 6.04. The summed E-state index contributed by atoms with van der Waals surface area (Å²) < 4.78 is 25.2. The van der Waals surface area contributed by atoms with Crippen molar-refractivity contribution in [3.05, 3.63) is 12.2 Å². The van der Waals surface area contributed by atoms with Gasteiger partial charge in [-0.1, -0.05) is 25.5 Å². The summed E-state index contributed by atoms with van der Waals surface area (Å²) in [5, 5.41) is 0. The van der Waals surface area contributed by atoms with Crippen LogP contribution in [-0.2, 0) is 23.7 Å². The molecule has 5 heteroatoms. The summed E-state index contributed by atoms with van der Waals surface area (Å²) in [6.07, 6.45) is 18.8. The van der Waals surface area contributed by atoms with Gasteiger partial charge in [-0.25, -0.2) is 0 Å². The number of hydrogen-bond donors (Lipinski definition) is 0. The number of ketones is 1. The molecule has 5 nitrogen and oxygen atoms in total. The topological polar surface area (TPSA) is 54.0 Å². The maximum absolute atomic E-state index is 12.3. The molecule has 35 heavy (non-hydrogen) atoms. The fourth-order valence-electron chi connectivity index (χ4n) is 6.98. The molecule has 2 heterocycles. The van der Waals surface area contributed by atoms with Crippen molar-refractivity contribution >= 4 is 5.78 Å². The molecule has 2 aliphatic heterocycles. The van der Waals surface area contributed by atoms with E-state index in [1.165, 1.54) is 12.8 Å². The molecule has 0 spiro atoms. The Morgan fingerprint density at radius 1 is 1.03 bits per heavy atom. The van der Waals surface area contributed by atoms with Crippen molar-refractivity contribution in [1.29, 1.82) is 0 Å². The molecule has 5 fully saturated rings. The van der Waals surface area contributed by atoms with Gasteiger partial charge in [0, 0.05) is 50.2 Å². The number of carbonyl (C=O) groups is 1. The second-order valence-corrected chi connectivity index (χ2v) is 11.5. The van der Waals surface area contributed by atoms with Gasteiger partial charge in [-0.2, -0.15) is 0 Å². The number of Topliss-reactive ketones (excluding diaryl/α,β-unsaturated/α-hetero) is 1. The van der Waals surface area contributed by atoms with E-state index in [0.29, 0.717) is 30.5 Å². The van der Waals surface area contributed by atoms with E-state index in [-0.39, 0.29) is 36.1 Å². The molecule has 0 aromatic heterocycles. The summed E-state index contributed by atoms with van der Waals surface area (Å²) >= 11 is 0. The van der Waals surface area contributed by atoms with Crippen LogP contribution < -0.4 is 0 Å². The highest BCUT2D eigenvalue weighted by Gasteiger charge is 2.49. The zero-order chi connectivity index (χ0) is 24.1. The Bertz CT molecular complexity index is 793. The van der Waals surface area contributed by atoms with Gasteiger partial charge in [-0.05, 0) is 69.6 Å². The smallest absolute Gasteiger partial charge is 0.158 e. The summed E-state index contributed by atoms with van der Waals surface area (Å²) in [5.41, 5.74) is 0.0752. The molecule has 1 unspecified atom stereocenters. The molecule has 0 bridgehead atoms. The largest absolute Gasteiger partial charge is 0.353 e. The van der Waals surface area contributed by atoms with E-state index in [1.807, 2.05) is 0 Å². The molecule has 0 radical (unpaired) electrons. The number of fused-ring (bicyclic) bond motifs is 1. The van der Waals surface area contributed by atoms with Gasteiger partial charge in [0.2, 0.25) is 0 Å². The van der Waals surface area contributed by atoms with Gasteiger partial charge < -0.3 is 18.9 Å². The molecular weight excluding hydrogens is 440 g/mol. The number of carbonyl (C=O) groups excluding carboxylic acids is 1. The average molecular weight is 485 g/mol. The first-order valence-electron chi connectivity index (χ1n) is 14.4. The van der Waals surface area contributed by atoms with Gasteiger partial charge in [0.15, 0.2) is 12.6 Å². The quantitative estimate of drug-likeness (QED) is 0.314. The molecule has 3 aliphatic carbocycles. The molecule has 2 saturated heterocycles. The van der Waals surface area contributed by atoms with Crippen LogP contribution >= 0.6 is 0 Å². The highest BCUT2D eigenvalue weighted by atomic mass is 16.7. The number of hydrogen-bond acceptors (Lipinski definition) is 5. The second kappa shape index (κ2) is 11.9. The fraction of sp³-hybridized carbons (Fsp3) is 0.833. The molecule has 0 amide bonds. The van der Waals surface area contributed by atoms with Crippen LogP contribution in [0.5, 0.6) is 0 Å². The monoisotopic (exact) mass is 484 g/mol. The van der Waals surface area contributed by atoms with Crippen molar-refractivity contribution in [3.8, 4) is 11.8 Å². The lowest BCUT2D eigenvalue weighted by Crippen LogP contribution is -2.44. The third-order valence-corrected chi connectivity index (χ3v) is 9.12. The van der Waals surface area contributed by atoms with Crippen LogP contribution in [0, 0.1) is 35.0 Å². The summed E-state index contributed by atoms with van der Waals surface area (Å²) in [4.78, 5) is 12.3. The number of rotatable bonds is 8. The Balaban J connectivity index is 1.35. The highest BCUT2D eigenvalue weighted by Crippen LogP contribution is 2.51. The molecule has 0 aromatic carbocycles.